The van der Waals surface area contributed by atoms with Crippen molar-refractivity contribution in [1.29, 1.82) is 0 Å². The molecule has 0 radical (unpaired) electrons. The molecule has 0 saturated carbocycles. The van der Waals surface area contributed by atoms with Crippen molar-refractivity contribution in [2.24, 2.45) is 0 Å². The number of hydrogen-bond donors (Lipinski definition) is 1. The summed E-state index contributed by atoms with van der Waals surface area (Å²) in [6, 6.07) is 0. The maximum Gasteiger partial charge on any atom is 0.305 e. The number of carboxylic acid groups (broad SMARTS) is 1. The van der Waals surface area contributed by atoms with E-state index < -0.39 is 16.0 Å². The third-order valence-electron chi connectivity index (χ3n) is 2.61. The first-order valence-corrected chi connectivity index (χ1v) is 7.71. The van der Waals surface area contributed by atoms with E-state index in [1.807, 2.05) is 6.92 Å². The molecule has 0 aromatic carbocycles. The van der Waals surface area contributed by atoms with Crippen LogP contribution in [0, 0.1) is 0 Å². The summed E-state index contributed by atoms with van der Waals surface area (Å²) in [6.07, 6.45) is 4.71. The number of rotatable bonds is 9. The molecule has 0 bridgehead atoms. The number of sulfonamides is 1. The lowest BCUT2D eigenvalue weighted by atomic mass is 10.4. The number of hydrogen-bond acceptors (Lipinski definition) is 4. The van der Waals surface area contributed by atoms with Crippen molar-refractivity contribution in [3.8, 4) is 0 Å². The quantitative estimate of drug-likeness (QED) is 0.685. The molecular formula is C12H19N3O4S. The van der Waals surface area contributed by atoms with Crippen molar-refractivity contribution in [3.63, 3.8) is 0 Å². The van der Waals surface area contributed by atoms with Gasteiger partial charge in [-0.2, -0.15) is 9.40 Å². The molecule has 1 N–H and O–H groups in total. The molecule has 0 atom stereocenters. The lowest BCUT2D eigenvalue weighted by Crippen LogP contribution is -2.31. The molecule has 1 aromatic rings. The molecule has 1 heterocycles. The Hall–Kier alpha value is -1.67. The van der Waals surface area contributed by atoms with Gasteiger partial charge in [-0.15, -0.1) is 6.58 Å². The van der Waals surface area contributed by atoms with Crippen LogP contribution in [0.25, 0.3) is 0 Å². The number of carboxylic acids is 1. The Bertz CT molecular complexity index is 565. The molecule has 0 aliphatic carbocycles. The first kappa shape index (κ1) is 16.4. The zero-order chi connectivity index (χ0) is 15.2. The monoisotopic (exact) mass is 301 g/mol. The zero-order valence-corrected chi connectivity index (χ0v) is 12.2. The van der Waals surface area contributed by atoms with Crippen LogP contribution in [0.3, 0.4) is 0 Å². The molecule has 0 aliphatic rings. The second-order valence-corrected chi connectivity index (χ2v) is 6.17. The Morgan fingerprint density at radius 1 is 1.60 bits per heavy atom. The van der Waals surface area contributed by atoms with Crippen molar-refractivity contribution < 1.29 is 18.3 Å². The smallest absolute Gasteiger partial charge is 0.305 e. The molecule has 0 aliphatic heterocycles. The molecule has 7 nitrogen and oxygen atoms in total. The van der Waals surface area contributed by atoms with Crippen LogP contribution >= 0.6 is 0 Å². The molecule has 1 aromatic heterocycles. The van der Waals surface area contributed by atoms with Crippen molar-refractivity contribution in [2.75, 3.05) is 13.1 Å². The minimum Gasteiger partial charge on any atom is -0.481 e. The van der Waals surface area contributed by atoms with Gasteiger partial charge in [0.25, 0.3) is 0 Å². The van der Waals surface area contributed by atoms with Gasteiger partial charge in [0.2, 0.25) is 10.0 Å². The van der Waals surface area contributed by atoms with Crippen LogP contribution in [-0.4, -0.2) is 46.7 Å². The minimum atomic E-state index is -3.61. The van der Waals surface area contributed by atoms with Gasteiger partial charge in [0.05, 0.1) is 19.2 Å². The average molecular weight is 301 g/mol. The van der Waals surface area contributed by atoms with E-state index in [4.69, 9.17) is 5.11 Å². The van der Waals surface area contributed by atoms with Gasteiger partial charge in [0.15, 0.2) is 0 Å². The second-order valence-electron chi connectivity index (χ2n) is 4.23. The van der Waals surface area contributed by atoms with Gasteiger partial charge in [-0.25, -0.2) is 8.42 Å². The largest absolute Gasteiger partial charge is 0.481 e. The molecule has 112 valence electrons. The van der Waals surface area contributed by atoms with E-state index in [1.165, 1.54) is 27.5 Å². The van der Waals surface area contributed by atoms with Gasteiger partial charge in [0, 0.05) is 19.3 Å². The third-order valence-corrected chi connectivity index (χ3v) is 4.43. The van der Waals surface area contributed by atoms with Crippen molar-refractivity contribution in [3.05, 3.63) is 25.0 Å². The molecule has 0 fully saturated rings. The Morgan fingerprint density at radius 2 is 2.30 bits per heavy atom. The molecule has 1 rings (SSSR count). The highest BCUT2D eigenvalue weighted by Crippen LogP contribution is 2.15. The molecule has 20 heavy (non-hydrogen) atoms. The zero-order valence-electron chi connectivity index (χ0n) is 11.4. The van der Waals surface area contributed by atoms with Gasteiger partial charge in [-0.1, -0.05) is 13.0 Å². The summed E-state index contributed by atoms with van der Waals surface area (Å²) >= 11 is 0. The summed E-state index contributed by atoms with van der Waals surface area (Å²) in [6.45, 7) is 6.21. The van der Waals surface area contributed by atoms with Crippen LogP contribution in [0.1, 0.15) is 19.8 Å². The predicted octanol–water partition coefficient (Wildman–Crippen LogP) is 0.944. The van der Waals surface area contributed by atoms with Crippen LogP contribution in [0.15, 0.2) is 29.9 Å². The van der Waals surface area contributed by atoms with Gasteiger partial charge in [-0.3, -0.25) is 9.48 Å². The summed E-state index contributed by atoms with van der Waals surface area (Å²) in [5, 5.41) is 12.5. The van der Waals surface area contributed by atoms with Crippen LogP contribution in [-0.2, 0) is 21.4 Å². The number of carbonyl (C=O) groups is 1. The lowest BCUT2D eigenvalue weighted by Gasteiger charge is -2.18. The van der Waals surface area contributed by atoms with Crippen molar-refractivity contribution in [2.45, 2.75) is 31.2 Å². The Labute approximate surface area is 118 Å². The van der Waals surface area contributed by atoms with Crippen LogP contribution < -0.4 is 0 Å². The van der Waals surface area contributed by atoms with E-state index in [2.05, 4.69) is 11.7 Å². The van der Waals surface area contributed by atoms with Crippen molar-refractivity contribution in [1.82, 2.24) is 14.1 Å². The fourth-order valence-corrected chi connectivity index (χ4v) is 3.12. The Kier molecular flexibility index (Phi) is 5.90. The van der Waals surface area contributed by atoms with E-state index in [1.54, 1.807) is 0 Å². The molecular weight excluding hydrogens is 282 g/mol. The normalized spacial score (nSPS) is 11.7. The van der Waals surface area contributed by atoms with E-state index in [0.29, 0.717) is 13.0 Å². The summed E-state index contributed by atoms with van der Waals surface area (Å²) in [4.78, 5) is 10.5. The highest BCUT2D eigenvalue weighted by Gasteiger charge is 2.24. The molecule has 0 amide bonds. The molecule has 0 saturated heterocycles. The highest BCUT2D eigenvalue weighted by atomic mass is 32.2. The topological polar surface area (TPSA) is 92.5 Å². The summed E-state index contributed by atoms with van der Waals surface area (Å²) < 4.78 is 27.4. The lowest BCUT2D eigenvalue weighted by molar-refractivity contribution is -0.137. The molecule has 8 heteroatoms. The maximum atomic E-state index is 12.4. The van der Waals surface area contributed by atoms with Crippen LogP contribution in [0.2, 0.25) is 0 Å². The third kappa shape index (κ3) is 4.17. The standard InChI is InChI=1S/C12H19N3O4S/c1-3-6-15(7-4-2)20(18,19)11-9-13-14(10-11)8-5-12(16)17/h3,9-10H,1,4-8H2,2H3,(H,16,17). The highest BCUT2D eigenvalue weighted by molar-refractivity contribution is 7.89. The van der Waals surface area contributed by atoms with Gasteiger partial charge in [0.1, 0.15) is 4.90 Å². The van der Waals surface area contributed by atoms with Crippen LogP contribution in [0.5, 0.6) is 0 Å². The average Bonchev–Trinajstić information content (AvgIpc) is 2.85. The summed E-state index contributed by atoms with van der Waals surface area (Å²) in [7, 11) is -3.61. The Morgan fingerprint density at radius 3 is 2.85 bits per heavy atom. The second kappa shape index (κ2) is 7.20. The number of aryl methyl sites for hydroxylation is 1. The van der Waals surface area contributed by atoms with Crippen molar-refractivity contribution >= 4 is 16.0 Å². The van der Waals surface area contributed by atoms with Gasteiger partial charge in [-0.05, 0) is 6.42 Å². The van der Waals surface area contributed by atoms with E-state index >= 15 is 0 Å². The SMILES string of the molecule is C=CCN(CCC)S(=O)(=O)c1cnn(CCC(=O)O)c1. The fourth-order valence-electron chi connectivity index (χ4n) is 1.66. The first-order chi connectivity index (χ1) is 9.41. The van der Waals surface area contributed by atoms with Gasteiger partial charge >= 0.3 is 5.97 Å². The van der Waals surface area contributed by atoms with E-state index in [-0.39, 0.29) is 24.4 Å². The molecule has 0 unspecified atom stereocenters. The van der Waals surface area contributed by atoms with Crippen LogP contribution in [0.4, 0.5) is 0 Å². The van der Waals surface area contributed by atoms with E-state index in [0.717, 1.165) is 0 Å². The summed E-state index contributed by atoms with van der Waals surface area (Å²) in [5.74, 6) is -0.954. The summed E-state index contributed by atoms with van der Waals surface area (Å²) in [5.41, 5.74) is 0. The number of nitrogens with zero attached hydrogens (tertiary/aromatic N) is 3. The predicted molar refractivity (Wildman–Crippen MR) is 73.7 cm³/mol. The minimum absolute atomic E-state index is 0.0678. The first-order valence-electron chi connectivity index (χ1n) is 6.27. The Balaban J connectivity index is 2.91. The number of aliphatic carboxylic acids is 1. The van der Waals surface area contributed by atoms with Gasteiger partial charge < -0.3 is 5.11 Å². The number of aromatic nitrogens is 2. The fraction of sp³-hybridized carbons (Fsp3) is 0.500. The molecule has 0 spiro atoms. The maximum absolute atomic E-state index is 12.4. The van der Waals surface area contributed by atoms with E-state index in [9.17, 15) is 13.2 Å².